The van der Waals surface area contributed by atoms with E-state index in [1.165, 1.54) is 6.07 Å². The van der Waals surface area contributed by atoms with Gasteiger partial charge in [-0.2, -0.15) is 0 Å². The van der Waals surface area contributed by atoms with E-state index in [1.54, 1.807) is 0 Å². The molecule has 122 valence electrons. The molecule has 1 aliphatic rings. The molecule has 0 saturated heterocycles. The first-order valence-corrected chi connectivity index (χ1v) is 6.72. The average Bonchev–Trinajstić information content (AvgIpc) is 2.41. The maximum Gasteiger partial charge on any atom is 0.335 e. The van der Waals surface area contributed by atoms with Crippen molar-refractivity contribution >= 4 is 41.4 Å². The zero-order chi connectivity index (χ0) is 15.6. The van der Waals surface area contributed by atoms with Crippen LogP contribution in [0, 0.1) is 10.1 Å². The Hall–Kier alpha value is -1.64. The van der Waals surface area contributed by atoms with Crippen LogP contribution in [0.15, 0.2) is 12.3 Å². The number of anilines is 1. The Kier molecular flexibility index (Phi) is 5.92. The van der Waals surface area contributed by atoms with Crippen LogP contribution in [-0.4, -0.2) is 37.7 Å². The number of nitrogens with zero attached hydrogens (tertiary/aromatic N) is 2. The number of hydrogen-bond donors (Lipinski definition) is 3. The molecule has 10 heteroatoms. The van der Waals surface area contributed by atoms with Crippen molar-refractivity contribution in [2.75, 3.05) is 5.32 Å². The molecule has 1 aromatic heterocycles. The molecule has 2 rings (SSSR count). The Balaban J connectivity index is 0.00000242. The number of aromatic nitrogens is 1. The zero-order valence-electron chi connectivity index (χ0n) is 11.4. The van der Waals surface area contributed by atoms with E-state index in [9.17, 15) is 20.0 Å². The standard InChI is InChI=1S/C12H14ClN3O5.ClH/c13-10-5-8(9(6-14-10)16(20)21)15-7-1-3-12(19,4-2-7)11(17)18;/h5-7,19H,1-4H2,(H,14,15)(H,17,18);1H/t7-,12-;. The van der Waals surface area contributed by atoms with Crippen molar-refractivity contribution in [1.82, 2.24) is 4.98 Å². The van der Waals surface area contributed by atoms with E-state index in [2.05, 4.69) is 10.3 Å². The number of hydrogen-bond acceptors (Lipinski definition) is 6. The summed E-state index contributed by atoms with van der Waals surface area (Å²) in [6, 6.07) is 1.19. The van der Waals surface area contributed by atoms with Gasteiger partial charge < -0.3 is 15.5 Å². The fourth-order valence-electron chi connectivity index (χ4n) is 2.36. The Morgan fingerprint density at radius 2 is 2.09 bits per heavy atom. The summed E-state index contributed by atoms with van der Waals surface area (Å²) in [4.78, 5) is 25.0. The molecule has 3 N–H and O–H groups in total. The zero-order valence-corrected chi connectivity index (χ0v) is 12.9. The van der Waals surface area contributed by atoms with Gasteiger partial charge >= 0.3 is 11.7 Å². The van der Waals surface area contributed by atoms with Crippen LogP contribution in [0.3, 0.4) is 0 Å². The first kappa shape index (κ1) is 18.4. The molecule has 0 amide bonds. The molecule has 0 spiro atoms. The maximum absolute atomic E-state index is 10.9. The molecule has 1 aliphatic carbocycles. The molecule has 0 atom stereocenters. The number of nitro groups is 1. The summed E-state index contributed by atoms with van der Waals surface area (Å²) in [5.41, 5.74) is -1.66. The van der Waals surface area contributed by atoms with E-state index in [0.29, 0.717) is 12.8 Å². The van der Waals surface area contributed by atoms with Crippen LogP contribution in [0.2, 0.25) is 5.15 Å². The number of rotatable bonds is 4. The lowest BCUT2D eigenvalue weighted by Gasteiger charge is -2.33. The van der Waals surface area contributed by atoms with Gasteiger partial charge in [-0.1, -0.05) is 11.6 Å². The largest absolute Gasteiger partial charge is 0.479 e. The van der Waals surface area contributed by atoms with Gasteiger partial charge in [-0.05, 0) is 25.7 Å². The molecule has 0 aliphatic heterocycles. The third-order valence-corrected chi connectivity index (χ3v) is 3.82. The van der Waals surface area contributed by atoms with Crippen LogP contribution in [0.25, 0.3) is 0 Å². The highest BCUT2D eigenvalue weighted by atomic mass is 35.5. The van der Waals surface area contributed by atoms with Crippen molar-refractivity contribution in [1.29, 1.82) is 0 Å². The smallest absolute Gasteiger partial charge is 0.335 e. The molecule has 0 radical (unpaired) electrons. The van der Waals surface area contributed by atoms with Crippen LogP contribution >= 0.6 is 24.0 Å². The molecular weight excluding hydrogens is 337 g/mol. The van der Waals surface area contributed by atoms with Gasteiger partial charge in [-0.25, -0.2) is 9.78 Å². The van der Waals surface area contributed by atoms with Gasteiger partial charge in [0, 0.05) is 12.1 Å². The van der Waals surface area contributed by atoms with E-state index in [1.807, 2.05) is 0 Å². The van der Waals surface area contributed by atoms with Crippen molar-refractivity contribution in [3.8, 4) is 0 Å². The number of pyridine rings is 1. The molecule has 0 unspecified atom stereocenters. The van der Waals surface area contributed by atoms with Crippen molar-refractivity contribution in [2.24, 2.45) is 0 Å². The first-order chi connectivity index (χ1) is 9.82. The topological polar surface area (TPSA) is 126 Å². The summed E-state index contributed by atoms with van der Waals surface area (Å²) in [6.45, 7) is 0. The summed E-state index contributed by atoms with van der Waals surface area (Å²) in [7, 11) is 0. The van der Waals surface area contributed by atoms with E-state index in [4.69, 9.17) is 16.7 Å². The number of aliphatic hydroxyl groups is 1. The lowest BCUT2D eigenvalue weighted by atomic mass is 9.82. The maximum atomic E-state index is 10.9. The Labute approximate surface area is 137 Å². The normalized spacial score (nSPS) is 24.2. The van der Waals surface area contributed by atoms with Crippen LogP contribution in [0.1, 0.15) is 25.7 Å². The van der Waals surface area contributed by atoms with Crippen molar-refractivity contribution in [3.05, 3.63) is 27.5 Å². The average molecular weight is 352 g/mol. The first-order valence-electron chi connectivity index (χ1n) is 6.34. The number of nitrogens with one attached hydrogen (secondary N) is 1. The minimum atomic E-state index is -1.71. The summed E-state index contributed by atoms with van der Waals surface area (Å²) in [5, 5.41) is 32.8. The lowest BCUT2D eigenvalue weighted by molar-refractivity contribution is -0.384. The molecule has 1 aromatic rings. The molecule has 1 heterocycles. The lowest BCUT2D eigenvalue weighted by Crippen LogP contribution is -2.44. The Bertz CT molecular complexity index is 576. The molecule has 1 saturated carbocycles. The quantitative estimate of drug-likeness (QED) is 0.431. The fraction of sp³-hybridized carbons (Fsp3) is 0.500. The fourth-order valence-corrected chi connectivity index (χ4v) is 2.52. The van der Waals surface area contributed by atoms with Gasteiger partial charge in [-0.15, -0.1) is 12.4 Å². The third-order valence-electron chi connectivity index (χ3n) is 3.62. The van der Waals surface area contributed by atoms with Crippen LogP contribution < -0.4 is 5.32 Å². The predicted octanol–water partition coefficient (Wildman–Crippen LogP) is 2.24. The van der Waals surface area contributed by atoms with Crippen molar-refractivity contribution in [2.45, 2.75) is 37.3 Å². The summed E-state index contributed by atoms with van der Waals surface area (Å²) in [5.74, 6) is -1.24. The Morgan fingerprint density at radius 3 is 2.59 bits per heavy atom. The van der Waals surface area contributed by atoms with Crippen LogP contribution in [-0.2, 0) is 4.79 Å². The number of carboxylic acid groups (broad SMARTS) is 1. The molecule has 0 aromatic carbocycles. The number of halogens is 2. The minimum absolute atomic E-state index is 0. The second-order valence-corrected chi connectivity index (χ2v) is 5.42. The SMILES string of the molecule is Cl.O=C(O)[C@]1(O)CC[C@H](Nc2cc(Cl)ncc2[N+](=O)[O-])CC1. The van der Waals surface area contributed by atoms with E-state index in [0.717, 1.165) is 6.20 Å². The number of aliphatic carboxylic acids is 1. The molecule has 0 bridgehead atoms. The van der Waals surface area contributed by atoms with Gasteiger partial charge in [0.2, 0.25) is 0 Å². The van der Waals surface area contributed by atoms with Crippen molar-refractivity contribution in [3.63, 3.8) is 0 Å². The van der Waals surface area contributed by atoms with Crippen LogP contribution in [0.5, 0.6) is 0 Å². The predicted molar refractivity (Wildman–Crippen MR) is 81.6 cm³/mol. The van der Waals surface area contributed by atoms with Gasteiger partial charge in [0.25, 0.3) is 0 Å². The van der Waals surface area contributed by atoms with Gasteiger partial charge in [0.1, 0.15) is 17.0 Å². The molecule has 22 heavy (non-hydrogen) atoms. The van der Waals surface area contributed by atoms with Gasteiger partial charge in [0.05, 0.1) is 4.92 Å². The van der Waals surface area contributed by atoms with Crippen molar-refractivity contribution < 1.29 is 19.9 Å². The summed E-state index contributed by atoms with van der Waals surface area (Å²) in [6.07, 6.45) is 2.03. The number of carboxylic acids is 1. The highest BCUT2D eigenvalue weighted by Crippen LogP contribution is 2.33. The van der Waals surface area contributed by atoms with Gasteiger partial charge in [-0.3, -0.25) is 10.1 Å². The highest BCUT2D eigenvalue weighted by Gasteiger charge is 2.40. The van der Waals surface area contributed by atoms with Crippen LogP contribution in [0.4, 0.5) is 11.4 Å². The summed E-state index contributed by atoms with van der Waals surface area (Å²) < 4.78 is 0. The molecule has 1 fully saturated rings. The minimum Gasteiger partial charge on any atom is -0.479 e. The summed E-state index contributed by atoms with van der Waals surface area (Å²) >= 11 is 5.73. The third kappa shape index (κ3) is 3.96. The Morgan fingerprint density at radius 1 is 1.50 bits per heavy atom. The monoisotopic (exact) mass is 351 g/mol. The molecule has 8 nitrogen and oxygen atoms in total. The van der Waals surface area contributed by atoms with E-state index >= 15 is 0 Å². The van der Waals surface area contributed by atoms with E-state index in [-0.39, 0.29) is 47.8 Å². The highest BCUT2D eigenvalue weighted by molar-refractivity contribution is 6.29. The second kappa shape index (κ2) is 7.08. The van der Waals surface area contributed by atoms with Gasteiger partial charge in [0.15, 0.2) is 5.60 Å². The number of carbonyl (C=O) groups is 1. The molecular formula is C12H15Cl2N3O5. The van der Waals surface area contributed by atoms with E-state index < -0.39 is 16.5 Å². The second-order valence-electron chi connectivity index (χ2n) is 5.04.